The zero-order valence-electron chi connectivity index (χ0n) is 17.5. The fourth-order valence-electron chi connectivity index (χ4n) is 2.76. The zero-order chi connectivity index (χ0) is 22.9. The van der Waals surface area contributed by atoms with Crippen LogP contribution in [0, 0.1) is 0 Å². The van der Waals surface area contributed by atoms with Crippen LogP contribution in [0.3, 0.4) is 0 Å². The van der Waals surface area contributed by atoms with Crippen molar-refractivity contribution in [1.82, 2.24) is 5.32 Å². The molecule has 0 aliphatic carbocycles. The van der Waals surface area contributed by atoms with Crippen LogP contribution in [0.15, 0.2) is 42.5 Å². The summed E-state index contributed by atoms with van der Waals surface area (Å²) < 4.78 is 49.5. The van der Waals surface area contributed by atoms with Gasteiger partial charge in [0.15, 0.2) is 18.1 Å². The predicted octanol–water partition coefficient (Wildman–Crippen LogP) is 3.98. The Kier molecular flexibility index (Phi) is 9.14. The van der Waals surface area contributed by atoms with Crippen LogP contribution in [-0.4, -0.2) is 36.9 Å². The normalized spacial score (nSPS) is 12.3. The van der Waals surface area contributed by atoms with Gasteiger partial charge in [-0.05, 0) is 49.2 Å². The predicted molar refractivity (Wildman–Crippen MR) is 111 cm³/mol. The second-order valence-corrected chi connectivity index (χ2v) is 6.80. The van der Waals surface area contributed by atoms with Gasteiger partial charge in [0.1, 0.15) is 0 Å². The molecular formula is C22H27F3N2O4. The molecule has 0 unspecified atom stereocenters. The Morgan fingerprint density at radius 2 is 1.87 bits per heavy atom. The Labute approximate surface area is 179 Å². The number of anilines is 1. The minimum atomic E-state index is -4.49. The lowest BCUT2D eigenvalue weighted by Gasteiger charge is -2.16. The Morgan fingerprint density at radius 1 is 1.10 bits per heavy atom. The Balaban J connectivity index is 1.99. The lowest BCUT2D eigenvalue weighted by molar-refractivity contribution is -0.137. The number of benzene rings is 2. The molecule has 0 saturated heterocycles. The van der Waals surface area contributed by atoms with Crippen LogP contribution in [-0.2, 0) is 17.5 Å². The third-order valence-electron chi connectivity index (χ3n) is 4.45. The molecule has 1 atom stereocenters. The van der Waals surface area contributed by atoms with Crippen LogP contribution in [0.4, 0.5) is 18.9 Å². The summed E-state index contributed by atoms with van der Waals surface area (Å²) in [6, 6.07) is 9.63. The number of carbonyl (C=O) groups is 1. The number of aliphatic hydroxyl groups excluding tert-OH is 1. The van der Waals surface area contributed by atoms with Gasteiger partial charge in [0.05, 0.1) is 18.8 Å². The first-order chi connectivity index (χ1) is 14.8. The van der Waals surface area contributed by atoms with Crippen LogP contribution < -0.4 is 20.1 Å². The number of nitrogens with one attached hydrogen (secondary N) is 2. The Morgan fingerprint density at radius 3 is 2.52 bits per heavy atom. The van der Waals surface area contributed by atoms with Gasteiger partial charge in [-0.15, -0.1) is 0 Å². The molecular weight excluding hydrogens is 413 g/mol. The minimum Gasteiger partial charge on any atom is -0.490 e. The van der Waals surface area contributed by atoms with Crippen molar-refractivity contribution in [3.8, 4) is 11.5 Å². The van der Waals surface area contributed by atoms with Crippen molar-refractivity contribution in [2.24, 2.45) is 0 Å². The van der Waals surface area contributed by atoms with Gasteiger partial charge in [0, 0.05) is 18.3 Å². The molecule has 0 saturated carbocycles. The summed E-state index contributed by atoms with van der Waals surface area (Å²) in [4.78, 5) is 12.1. The molecule has 0 aliphatic rings. The summed E-state index contributed by atoms with van der Waals surface area (Å²) in [7, 11) is 0. The molecule has 2 rings (SSSR count). The van der Waals surface area contributed by atoms with Crippen molar-refractivity contribution < 1.29 is 32.5 Å². The van der Waals surface area contributed by atoms with Gasteiger partial charge in [-0.1, -0.05) is 19.1 Å². The molecule has 3 N–H and O–H groups in total. The molecule has 0 spiro atoms. The monoisotopic (exact) mass is 440 g/mol. The van der Waals surface area contributed by atoms with Crippen LogP contribution >= 0.6 is 0 Å². The zero-order valence-corrected chi connectivity index (χ0v) is 17.5. The third-order valence-corrected chi connectivity index (χ3v) is 4.45. The standard InChI is InChI=1S/C22H27F3N2O4/c1-3-17(13-28)26-12-15-8-9-19(20(10-15)30-4-2)31-14-21(29)27-18-7-5-6-16(11-18)22(23,24)25/h5-11,17,26,28H,3-4,12-14H2,1-2H3,(H,27,29)/t17-/m1/s1. The van der Waals surface area contributed by atoms with E-state index < -0.39 is 24.3 Å². The van der Waals surface area contributed by atoms with Gasteiger partial charge in [-0.3, -0.25) is 4.79 Å². The number of aliphatic hydroxyl groups is 1. The topological polar surface area (TPSA) is 79.8 Å². The number of hydrogen-bond donors (Lipinski definition) is 3. The molecule has 2 aromatic rings. The highest BCUT2D eigenvalue weighted by atomic mass is 19.4. The van der Waals surface area contributed by atoms with Crippen LogP contribution in [0.25, 0.3) is 0 Å². The van der Waals surface area contributed by atoms with Gasteiger partial charge in [0.2, 0.25) is 0 Å². The summed E-state index contributed by atoms with van der Waals surface area (Å²) in [6.45, 7) is 4.34. The number of halogens is 3. The van der Waals surface area contributed by atoms with Gasteiger partial charge in [0.25, 0.3) is 5.91 Å². The highest BCUT2D eigenvalue weighted by Gasteiger charge is 2.30. The molecule has 1 amide bonds. The smallest absolute Gasteiger partial charge is 0.416 e. The van der Waals surface area contributed by atoms with Crippen LogP contribution in [0.1, 0.15) is 31.4 Å². The molecule has 170 valence electrons. The minimum absolute atomic E-state index is 0.00832. The lowest BCUT2D eigenvalue weighted by atomic mass is 10.1. The summed E-state index contributed by atoms with van der Waals surface area (Å²) in [5, 5.41) is 14.9. The van der Waals surface area contributed by atoms with E-state index in [1.807, 2.05) is 13.8 Å². The number of alkyl halides is 3. The summed E-state index contributed by atoms with van der Waals surface area (Å²) in [5.74, 6) is 0.200. The van der Waals surface area contributed by atoms with Crippen LogP contribution in [0.2, 0.25) is 0 Å². The molecule has 31 heavy (non-hydrogen) atoms. The fourth-order valence-corrected chi connectivity index (χ4v) is 2.76. The van der Waals surface area contributed by atoms with E-state index in [0.717, 1.165) is 24.1 Å². The quantitative estimate of drug-likeness (QED) is 0.493. The number of amides is 1. The molecule has 0 aromatic heterocycles. The van der Waals surface area contributed by atoms with Gasteiger partial charge < -0.3 is 25.2 Å². The highest BCUT2D eigenvalue weighted by Crippen LogP contribution is 2.31. The van der Waals surface area contributed by atoms with E-state index in [4.69, 9.17) is 9.47 Å². The second kappa shape index (κ2) is 11.6. The average molecular weight is 440 g/mol. The van der Waals surface area contributed by atoms with E-state index in [-0.39, 0.29) is 18.3 Å². The first-order valence-electron chi connectivity index (χ1n) is 9.96. The number of rotatable bonds is 11. The third kappa shape index (κ3) is 7.76. The Bertz CT molecular complexity index is 855. The molecule has 0 fully saturated rings. The van der Waals surface area contributed by atoms with Gasteiger partial charge in [-0.25, -0.2) is 0 Å². The van der Waals surface area contributed by atoms with Crippen molar-refractivity contribution in [3.05, 3.63) is 53.6 Å². The maximum atomic E-state index is 12.8. The van der Waals surface area contributed by atoms with E-state index in [9.17, 15) is 23.1 Å². The second-order valence-electron chi connectivity index (χ2n) is 6.80. The summed E-state index contributed by atoms with van der Waals surface area (Å²) >= 11 is 0. The summed E-state index contributed by atoms with van der Waals surface area (Å²) in [6.07, 6.45) is -3.70. The van der Waals surface area contributed by atoms with Crippen molar-refractivity contribution in [1.29, 1.82) is 0 Å². The molecule has 0 radical (unpaired) electrons. The first kappa shape index (κ1) is 24.5. The van der Waals surface area contributed by atoms with E-state index >= 15 is 0 Å². The summed E-state index contributed by atoms with van der Waals surface area (Å²) in [5.41, 5.74) is 0.0981. The maximum Gasteiger partial charge on any atom is 0.416 e. The molecule has 6 nitrogen and oxygen atoms in total. The SMILES string of the molecule is CCOc1cc(CN[C@H](CC)CO)ccc1OCC(=O)Nc1cccc(C(F)(F)F)c1. The molecule has 9 heteroatoms. The highest BCUT2D eigenvalue weighted by molar-refractivity contribution is 5.92. The molecule has 2 aromatic carbocycles. The van der Waals surface area contributed by atoms with Crippen molar-refractivity contribution in [2.75, 3.05) is 25.1 Å². The van der Waals surface area contributed by atoms with Crippen molar-refractivity contribution in [2.45, 2.75) is 39.0 Å². The number of carbonyl (C=O) groups excluding carboxylic acids is 1. The average Bonchev–Trinajstić information content (AvgIpc) is 2.73. The molecule has 0 aliphatic heterocycles. The van der Waals surface area contributed by atoms with Crippen molar-refractivity contribution in [3.63, 3.8) is 0 Å². The lowest BCUT2D eigenvalue weighted by Crippen LogP contribution is -2.31. The van der Waals surface area contributed by atoms with Crippen LogP contribution in [0.5, 0.6) is 11.5 Å². The number of ether oxygens (including phenoxy) is 2. The van der Waals surface area contributed by atoms with E-state index in [0.29, 0.717) is 24.7 Å². The van der Waals surface area contributed by atoms with E-state index in [2.05, 4.69) is 10.6 Å². The number of hydrogen-bond acceptors (Lipinski definition) is 5. The Hall–Kier alpha value is -2.78. The van der Waals surface area contributed by atoms with Gasteiger partial charge in [-0.2, -0.15) is 13.2 Å². The maximum absolute atomic E-state index is 12.8. The van der Waals surface area contributed by atoms with E-state index in [1.54, 1.807) is 18.2 Å². The molecule has 0 heterocycles. The first-order valence-corrected chi connectivity index (χ1v) is 9.96. The van der Waals surface area contributed by atoms with Crippen molar-refractivity contribution >= 4 is 11.6 Å². The van der Waals surface area contributed by atoms with Gasteiger partial charge >= 0.3 is 6.18 Å². The fraction of sp³-hybridized carbons (Fsp3) is 0.409. The van der Waals surface area contributed by atoms with E-state index in [1.165, 1.54) is 12.1 Å². The molecule has 0 bridgehead atoms. The largest absolute Gasteiger partial charge is 0.490 e.